The van der Waals surface area contributed by atoms with Crippen molar-refractivity contribution in [1.82, 2.24) is 0 Å². The second-order valence-corrected chi connectivity index (χ2v) is 5.87. The Kier molecular flexibility index (Phi) is 2.50. The zero-order valence-corrected chi connectivity index (χ0v) is 10.6. The Morgan fingerprint density at radius 3 is 1.29 bits per heavy atom. The molecule has 0 atom stereocenters. The van der Waals surface area contributed by atoms with Crippen LogP contribution in [0.5, 0.6) is 0 Å². The Morgan fingerprint density at radius 1 is 0.714 bits per heavy atom. The van der Waals surface area contributed by atoms with Crippen LogP contribution in [0.25, 0.3) is 11.1 Å². The first-order valence-corrected chi connectivity index (χ1v) is 6.47. The van der Waals surface area contributed by atoms with Gasteiger partial charge in [-0.3, -0.25) is 0 Å². The van der Waals surface area contributed by atoms with Crippen molar-refractivity contribution >= 4 is 22.7 Å². The van der Waals surface area contributed by atoms with Gasteiger partial charge in [-0.2, -0.15) is 0 Å². The molecule has 2 heterocycles. The summed E-state index contributed by atoms with van der Waals surface area (Å²) in [5.41, 5.74) is 5.76. The fourth-order valence-corrected chi connectivity index (χ4v) is 3.60. The number of hydrogen-bond donors (Lipinski definition) is 0. The van der Waals surface area contributed by atoms with Crippen molar-refractivity contribution in [3.8, 4) is 11.1 Å². The van der Waals surface area contributed by atoms with Gasteiger partial charge < -0.3 is 0 Å². The van der Waals surface area contributed by atoms with E-state index in [1.807, 2.05) is 22.7 Å². The lowest BCUT2D eigenvalue weighted by atomic mass is 10.0. The number of aryl methyl sites for hydroxylation is 4. The summed E-state index contributed by atoms with van der Waals surface area (Å²) in [5.74, 6) is 0. The predicted octanol–water partition coefficient (Wildman–Crippen LogP) is 4.71. The Morgan fingerprint density at radius 2 is 1.07 bits per heavy atom. The summed E-state index contributed by atoms with van der Waals surface area (Å²) in [5, 5.41) is 4.50. The molecule has 0 unspecified atom stereocenters. The molecule has 0 fully saturated rings. The molecular weight excluding hydrogens is 208 g/mol. The minimum atomic E-state index is 1.41. The fraction of sp³-hybridized carbons (Fsp3) is 0.333. The molecule has 2 heteroatoms. The van der Waals surface area contributed by atoms with Gasteiger partial charge in [0, 0.05) is 9.75 Å². The molecule has 74 valence electrons. The molecule has 2 aromatic rings. The molecule has 0 radical (unpaired) electrons. The van der Waals surface area contributed by atoms with Crippen LogP contribution in [0.15, 0.2) is 10.8 Å². The highest BCUT2D eigenvalue weighted by Gasteiger charge is 2.13. The van der Waals surface area contributed by atoms with Crippen molar-refractivity contribution < 1.29 is 0 Å². The van der Waals surface area contributed by atoms with Crippen molar-refractivity contribution in [1.29, 1.82) is 0 Å². The van der Waals surface area contributed by atoms with E-state index in [-0.39, 0.29) is 0 Å². The van der Waals surface area contributed by atoms with Crippen LogP contribution in [0.1, 0.15) is 20.9 Å². The van der Waals surface area contributed by atoms with E-state index >= 15 is 0 Å². The second kappa shape index (κ2) is 3.52. The molecule has 0 bridgehead atoms. The third-order valence-electron chi connectivity index (χ3n) is 2.57. The number of rotatable bonds is 1. The maximum absolute atomic E-state index is 2.25. The van der Waals surface area contributed by atoms with Crippen LogP contribution in [0.2, 0.25) is 0 Å². The van der Waals surface area contributed by atoms with Crippen LogP contribution < -0.4 is 0 Å². The smallest absolute Gasteiger partial charge is 0.00958 e. The highest BCUT2D eigenvalue weighted by atomic mass is 32.1. The zero-order valence-electron chi connectivity index (χ0n) is 8.97. The molecule has 0 aromatic carbocycles. The summed E-state index contributed by atoms with van der Waals surface area (Å²) >= 11 is 3.70. The Hall–Kier alpha value is -0.600. The van der Waals surface area contributed by atoms with Gasteiger partial charge in [0.05, 0.1) is 0 Å². The summed E-state index contributed by atoms with van der Waals surface area (Å²) in [6.07, 6.45) is 0. The summed E-state index contributed by atoms with van der Waals surface area (Å²) in [6.45, 7) is 8.83. The van der Waals surface area contributed by atoms with Gasteiger partial charge in [-0.05, 0) is 60.7 Å². The van der Waals surface area contributed by atoms with Crippen molar-refractivity contribution in [2.24, 2.45) is 0 Å². The minimum absolute atomic E-state index is 1.41. The summed E-state index contributed by atoms with van der Waals surface area (Å²) in [4.78, 5) is 2.87. The van der Waals surface area contributed by atoms with E-state index in [4.69, 9.17) is 0 Å². The van der Waals surface area contributed by atoms with E-state index in [0.717, 1.165) is 0 Å². The number of hydrogen-bond acceptors (Lipinski definition) is 2. The zero-order chi connectivity index (χ0) is 10.3. The predicted molar refractivity (Wildman–Crippen MR) is 66.6 cm³/mol. The van der Waals surface area contributed by atoms with Gasteiger partial charge >= 0.3 is 0 Å². The Bertz CT molecular complexity index is 377. The van der Waals surface area contributed by atoms with E-state index in [2.05, 4.69) is 38.5 Å². The molecule has 0 nitrogen and oxygen atoms in total. The molecule has 0 aliphatic heterocycles. The molecular formula is C12H14S2. The average Bonchev–Trinajstić information content (AvgIpc) is 2.60. The van der Waals surface area contributed by atoms with Crippen molar-refractivity contribution in [3.63, 3.8) is 0 Å². The first-order chi connectivity index (χ1) is 6.61. The molecule has 0 spiro atoms. The van der Waals surface area contributed by atoms with E-state index in [1.54, 1.807) is 0 Å². The third kappa shape index (κ3) is 1.43. The van der Waals surface area contributed by atoms with Crippen LogP contribution >= 0.6 is 22.7 Å². The lowest BCUT2D eigenvalue weighted by molar-refractivity contribution is 1.43. The fourth-order valence-electron chi connectivity index (χ4n) is 1.89. The molecule has 0 N–H and O–H groups in total. The second-order valence-electron chi connectivity index (χ2n) is 3.70. The maximum Gasteiger partial charge on any atom is 0.00958 e. The van der Waals surface area contributed by atoms with Crippen LogP contribution in [0, 0.1) is 27.7 Å². The highest BCUT2D eigenvalue weighted by molar-refractivity contribution is 7.11. The molecule has 14 heavy (non-hydrogen) atoms. The average molecular weight is 222 g/mol. The molecule has 0 saturated carbocycles. The number of thiophene rings is 2. The van der Waals surface area contributed by atoms with Crippen molar-refractivity contribution in [2.75, 3.05) is 0 Å². The third-order valence-corrected chi connectivity index (χ3v) is 4.63. The van der Waals surface area contributed by atoms with Gasteiger partial charge in [-0.25, -0.2) is 0 Å². The Balaban J connectivity index is 2.71. The van der Waals surface area contributed by atoms with Crippen LogP contribution in [0.3, 0.4) is 0 Å². The SMILES string of the molecule is Cc1csc(C)c1-c1c(C)csc1C. The first-order valence-electron chi connectivity index (χ1n) is 4.71. The minimum Gasteiger partial charge on any atom is -0.148 e. The normalized spacial score (nSPS) is 10.9. The Labute approximate surface area is 93.2 Å². The van der Waals surface area contributed by atoms with E-state index < -0.39 is 0 Å². The monoisotopic (exact) mass is 222 g/mol. The molecule has 0 amide bonds. The molecule has 2 rings (SSSR count). The van der Waals surface area contributed by atoms with Gasteiger partial charge in [-0.15, -0.1) is 22.7 Å². The lowest BCUT2D eigenvalue weighted by Crippen LogP contribution is -1.82. The summed E-state index contributed by atoms with van der Waals surface area (Å²) in [7, 11) is 0. The van der Waals surface area contributed by atoms with Gasteiger partial charge in [0.1, 0.15) is 0 Å². The van der Waals surface area contributed by atoms with Crippen LogP contribution in [-0.4, -0.2) is 0 Å². The largest absolute Gasteiger partial charge is 0.148 e. The van der Waals surface area contributed by atoms with Crippen LogP contribution in [-0.2, 0) is 0 Å². The van der Waals surface area contributed by atoms with E-state index in [9.17, 15) is 0 Å². The molecule has 2 aromatic heterocycles. The maximum atomic E-state index is 2.25. The quantitative estimate of drug-likeness (QED) is 0.655. The molecule has 0 saturated heterocycles. The standard InChI is InChI=1S/C12H14S2/c1-7-5-13-9(3)11(7)12-8(2)6-14-10(12)4/h5-6H,1-4H3. The highest BCUT2D eigenvalue weighted by Crippen LogP contribution is 2.38. The van der Waals surface area contributed by atoms with Gasteiger partial charge in [-0.1, -0.05) is 0 Å². The lowest BCUT2D eigenvalue weighted by Gasteiger charge is -2.04. The summed E-state index contributed by atoms with van der Waals surface area (Å²) < 4.78 is 0. The van der Waals surface area contributed by atoms with Gasteiger partial charge in [0.2, 0.25) is 0 Å². The molecule has 0 aliphatic carbocycles. The van der Waals surface area contributed by atoms with Crippen molar-refractivity contribution in [2.45, 2.75) is 27.7 Å². The van der Waals surface area contributed by atoms with Gasteiger partial charge in [0.15, 0.2) is 0 Å². The van der Waals surface area contributed by atoms with Crippen molar-refractivity contribution in [3.05, 3.63) is 31.6 Å². The van der Waals surface area contributed by atoms with Crippen LogP contribution in [0.4, 0.5) is 0 Å². The van der Waals surface area contributed by atoms with E-state index in [1.165, 1.54) is 32.0 Å². The van der Waals surface area contributed by atoms with E-state index in [0.29, 0.717) is 0 Å². The summed E-state index contributed by atoms with van der Waals surface area (Å²) in [6, 6.07) is 0. The first kappa shape index (κ1) is 9.94. The van der Waals surface area contributed by atoms with Gasteiger partial charge in [0.25, 0.3) is 0 Å². The molecule has 0 aliphatic rings. The topological polar surface area (TPSA) is 0 Å².